The molecule has 0 aliphatic heterocycles. The monoisotopic (exact) mass is 300 g/mol. The van der Waals surface area contributed by atoms with E-state index in [1.165, 1.54) is 29.8 Å². The summed E-state index contributed by atoms with van der Waals surface area (Å²) in [5.74, 6) is 0.329. The normalized spacial score (nSPS) is 10.5. The predicted octanol–water partition coefficient (Wildman–Crippen LogP) is 3.29. The van der Waals surface area contributed by atoms with Crippen molar-refractivity contribution in [2.75, 3.05) is 0 Å². The zero-order chi connectivity index (χ0) is 14.5. The van der Waals surface area contributed by atoms with Gasteiger partial charge in [0.25, 0.3) is 10.1 Å². The smallest absolute Gasteiger partial charge is 0.294 e. The molecule has 0 atom stereocenters. The Morgan fingerprint density at radius 1 is 0.947 bits per heavy atom. The van der Waals surface area contributed by atoms with Crippen LogP contribution < -0.4 is 0 Å². The molecule has 2 N–H and O–H groups in total. The van der Waals surface area contributed by atoms with Crippen LogP contribution in [0.2, 0.25) is 5.02 Å². The molecule has 4 nitrogen and oxygen atoms in total. The Labute approximate surface area is 117 Å². The molecule has 0 heterocycles. The van der Waals surface area contributed by atoms with Crippen LogP contribution >= 0.6 is 11.6 Å². The van der Waals surface area contributed by atoms with E-state index >= 15 is 0 Å². The van der Waals surface area contributed by atoms with Crippen LogP contribution in [0.4, 0.5) is 0 Å². The number of aromatic hydroxyl groups is 1. The van der Waals surface area contributed by atoms with Gasteiger partial charge in [0.2, 0.25) is 0 Å². The lowest BCUT2D eigenvalue weighted by atomic mass is 10.2. The number of benzene rings is 2. The molecule has 0 saturated heterocycles. The van der Waals surface area contributed by atoms with Crippen LogP contribution in [0, 0.1) is 6.92 Å². The predicted molar refractivity (Wildman–Crippen MR) is 74.1 cm³/mol. The third-order valence-corrected chi connectivity index (χ3v) is 3.27. The Morgan fingerprint density at radius 2 is 1.42 bits per heavy atom. The summed E-state index contributed by atoms with van der Waals surface area (Å²) in [5, 5.41) is 9.18. The lowest BCUT2D eigenvalue weighted by molar-refractivity contribution is 0.475. The molecule has 0 aromatic heterocycles. The van der Waals surface area contributed by atoms with Gasteiger partial charge in [-0.3, -0.25) is 4.55 Å². The number of phenolic OH excluding ortho intramolecular Hbond substituents is 1. The molecule has 0 radical (unpaired) electrons. The molecule has 0 spiro atoms. The lowest BCUT2D eigenvalue weighted by Gasteiger charge is -1.94. The number of phenols is 1. The first-order valence-corrected chi connectivity index (χ1v) is 7.09. The Bertz CT molecular complexity index is 598. The fourth-order valence-corrected chi connectivity index (χ4v) is 1.76. The van der Waals surface area contributed by atoms with Crippen LogP contribution in [0.1, 0.15) is 5.56 Å². The van der Waals surface area contributed by atoms with Crippen LogP contribution in [0.3, 0.4) is 0 Å². The van der Waals surface area contributed by atoms with E-state index < -0.39 is 10.1 Å². The Kier molecular flexibility index (Phi) is 5.35. The van der Waals surface area contributed by atoms with Gasteiger partial charge in [0.15, 0.2) is 0 Å². The summed E-state index contributed by atoms with van der Waals surface area (Å²) in [6.07, 6.45) is 0. The molecule has 102 valence electrons. The standard InChI is InChI=1S/C7H8O.C6H5ClO3S/c1-6-2-4-7(8)5-3-6;7-5-1-3-6(4-2-5)11(8,9)10/h2-5,8H,1H3;1-4H,(H,8,9,10). The van der Waals surface area contributed by atoms with Crippen LogP contribution in [0.5, 0.6) is 5.75 Å². The average Bonchev–Trinajstić information content (AvgIpc) is 2.33. The molecule has 0 saturated carbocycles. The fraction of sp³-hybridized carbons (Fsp3) is 0.0769. The maximum atomic E-state index is 10.5. The van der Waals surface area contributed by atoms with Crippen molar-refractivity contribution in [2.45, 2.75) is 11.8 Å². The molecule has 0 fully saturated rings. The zero-order valence-corrected chi connectivity index (χ0v) is 11.7. The van der Waals surface area contributed by atoms with E-state index in [4.69, 9.17) is 21.3 Å². The second-order valence-electron chi connectivity index (χ2n) is 3.76. The number of aryl methyl sites for hydroxylation is 1. The first kappa shape index (κ1) is 15.5. The maximum absolute atomic E-state index is 10.5. The SMILES string of the molecule is Cc1ccc(O)cc1.O=S(=O)(O)c1ccc(Cl)cc1. The summed E-state index contributed by atoms with van der Waals surface area (Å²) in [5.41, 5.74) is 1.17. The quantitative estimate of drug-likeness (QED) is 0.793. The van der Waals surface area contributed by atoms with Gasteiger partial charge in [0, 0.05) is 5.02 Å². The van der Waals surface area contributed by atoms with Crippen molar-refractivity contribution >= 4 is 21.7 Å². The van der Waals surface area contributed by atoms with Crippen molar-refractivity contribution in [3.05, 3.63) is 59.1 Å². The Balaban J connectivity index is 0.000000200. The van der Waals surface area contributed by atoms with Crippen LogP contribution in [0.15, 0.2) is 53.4 Å². The van der Waals surface area contributed by atoms with Crippen molar-refractivity contribution < 1.29 is 18.1 Å². The molecule has 2 aromatic rings. The van der Waals surface area contributed by atoms with Crippen LogP contribution in [-0.4, -0.2) is 18.1 Å². The highest BCUT2D eigenvalue weighted by molar-refractivity contribution is 7.85. The molecule has 0 aliphatic carbocycles. The summed E-state index contributed by atoms with van der Waals surface area (Å²) in [6.45, 7) is 1.99. The molecule has 19 heavy (non-hydrogen) atoms. The van der Waals surface area contributed by atoms with Gasteiger partial charge < -0.3 is 5.11 Å². The molecular formula is C13H13ClO4S. The molecule has 0 unspecified atom stereocenters. The highest BCUT2D eigenvalue weighted by Crippen LogP contribution is 2.13. The number of halogens is 1. The van der Waals surface area contributed by atoms with Crippen molar-refractivity contribution in [2.24, 2.45) is 0 Å². The number of rotatable bonds is 1. The highest BCUT2D eigenvalue weighted by Gasteiger charge is 2.07. The molecule has 2 rings (SSSR count). The highest BCUT2D eigenvalue weighted by atomic mass is 35.5. The summed E-state index contributed by atoms with van der Waals surface area (Å²) < 4.78 is 29.4. The third-order valence-electron chi connectivity index (χ3n) is 2.15. The molecule has 6 heteroatoms. The molecule has 0 bridgehead atoms. The average molecular weight is 301 g/mol. The minimum atomic E-state index is -4.08. The Hall–Kier alpha value is -1.56. The van der Waals surface area contributed by atoms with Gasteiger partial charge in [-0.2, -0.15) is 8.42 Å². The van der Waals surface area contributed by atoms with E-state index in [-0.39, 0.29) is 4.90 Å². The van der Waals surface area contributed by atoms with E-state index in [2.05, 4.69) is 0 Å². The van der Waals surface area contributed by atoms with Gasteiger partial charge in [-0.15, -0.1) is 0 Å². The van der Waals surface area contributed by atoms with Crippen molar-refractivity contribution in [1.82, 2.24) is 0 Å². The van der Waals surface area contributed by atoms with E-state index in [1.807, 2.05) is 19.1 Å². The van der Waals surface area contributed by atoms with Crippen molar-refractivity contribution in [1.29, 1.82) is 0 Å². The number of hydrogen-bond acceptors (Lipinski definition) is 3. The van der Waals surface area contributed by atoms with E-state index in [9.17, 15) is 8.42 Å². The van der Waals surface area contributed by atoms with E-state index in [0.717, 1.165) is 0 Å². The van der Waals surface area contributed by atoms with Gasteiger partial charge in [0.05, 0.1) is 4.90 Å². The second kappa shape index (κ2) is 6.56. The summed E-state index contributed by atoms with van der Waals surface area (Å²) >= 11 is 5.49. The van der Waals surface area contributed by atoms with E-state index in [0.29, 0.717) is 10.8 Å². The Morgan fingerprint density at radius 3 is 1.79 bits per heavy atom. The van der Waals surface area contributed by atoms with Gasteiger partial charge in [0.1, 0.15) is 5.75 Å². The van der Waals surface area contributed by atoms with Gasteiger partial charge in [-0.1, -0.05) is 29.3 Å². The van der Waals surface area contributed by atoms with Gasteiger partial charge in [-0.25, -0.2) is 0 Å². The molecule has 2 aromatic carbocycles. The van der Waals surface area contributed by atoms with Crippen molar-refractivity contribution in [3.8, 4) is 5.75 Å². The molecule has 0 aliphatic rings. The second-order valence-corrected chi connectivity index (χ2v) is 5.62. The summed E-state index contributed by atoms with van der Waals surface area (Å²) in [7, 11) is -4.08. The van der Waals surface area contributed by atoms with Crippen LogP contribution in [0.25, 0.3) is 0 Å². The lowest BCUT2D eigenvalue weighted by Crippen LogP contribution is -1.96. The first-order chi connectivity index (χ1) is 8.79. The largest absolute Gasteiger partial charge is 0.508 e. The van der Waals surface area contributed by atoms with Crippen molar-refractivity contribution in [3.63, 3.8) is 0 Å². The topological polar surface area (TPSA) is 74.6 Å². The summed E-state index contributed by atoms with van der Waals surface area (Å²) in [6, 6.07) is 12.3. The van der Waals surface area contributed by atoms with Gasteiger partial charge in [-0.05, 0) is 43.3 Å². The first-order valence-electron chi connectivity index (χ1n) is 5.28. The minimum Gasteiger partial charge on any atom is -0.508 e. The fourth-order valence-electron chi connectivity index (χ4n) is 1.15. The zero-order valence-electron chi connectivity index (χ0n) is 10.1. The molecule has 0 amide bonds. The summed E-state index contributed by atoms with van der Waals surface area (Å²) in [4.78, 5) is -0.151. The molecular weight excluding hydrogens is 288 g/mol. The minimum absolute atomic E-state index is 0.151. The maximum Gasteiger partial charge on any atom is 0.294 e. The van der Waals surface area contributed by atoms with Crippen LogP contribution in [-0.2, 0) is 10.1 Å². The van der Waals surface area contributed by atoms with Gasteiger partial charge >= 0.3 is 0 Å². The third kappa shape index (κ3) is 5.74. The number of hydrogen-bond donors (Lipinski definition) is 2. The van der Waals surface area contributed by atoms with E-state index in [1.54, 1.807) is 12.1 Å².